The Hall–Kier alpha value is -0.400. The molecule has 0 atom stereocenters. The molecule has 96 valence electrons. The zero-order valence-corrected chi connectivity index (χ0v) is 12.3. The number of aromatic nitrogens is 2. The van der Waals surface area contributed by atoms with Crippen molar-refractivity contribution in [1.29, 1.82) is 0 Å². The van der Waals surface area contributed by atoms with Crippen LogP contribution in [0.1, 0.15) is 24.2 Å². The van der Waals surface area contributed by atoms with Crippen LogP contribution in [0.2, 0.25) is 0 Å². The second kappa shape index (κ2) is 4.70. The molecular weight excluding hydrogens is 306 g/mol. The quantitative estimate of drug-likeness (QED) is 0.837. The Morgan fingerprint density at radius 3 is 2.53 bits per heavy atom. The Morgan fingerprint density at radius 2 is 2.12 bits per heavy atom. The van der Waals surface area contributed by atoms with Gasteiger partial charge in [0.2, 0.25) is 10.0 Å². The van der Waals surface area contributed by atoms with Gasteiger partial charge in [-0.2, -0.15) is 9.40 Å². The van der Waals surface area contributed by atoms with Crippen molar-refractivity contribution in [2.75, 3.05) is 11.9 Å². The summed E-state index contributed by atoms with van der Waals surface area (Å²) in [6.45, 7) is 3.97. The van der Waals surface area contributed by atoms with Crippen LogP contribution in [0, 0.1) is 13.8 Å². The summed E-state index contributed by atoms with van der Waals surface area (Å²) >= 11 is 3.31. The molecule has 0 unspecified atom stereocenters. The van der Waals surface area contributed by atoms with E-state index in [1.807, 2.05) is 0 Å². The van der Waals surface area contributed by atoms with E-state index in [-0.39, 0.29) is 6.04 Å². The van der Waals surface area contributed by atoms with E-state index >= 15 is 0 Å². The molecule has 1 N–H and O–H groups in total. The van der Waals surface area contributed by atoms with E-state index in [1.165, 1.54) is 0 Å². The van der Waals surface area contributed by atoms with Crippen molar-refractivity contribution in [3.05, 3.63) is 11.4 Å². The minimum Gasteiger partial charge on any atom is -0.281 e. The number of nitrogens with zero attached hydrogens (tertiary/aromatic N) is 2. The van der Waals surface area contributed by atoms with E-state index in [0.717, 1.165) is 12.8 Å². The molecule has 0 aliphatic heterocycles. The summed E-state index contributed by atoms with van der Waals surface area (Å²) in [6.07, 6.45) is 1.92. The predicted molar refractivity (Wildman–Crippen MR) is 68.8 cm³/mol. The lowest BCUT2D eigenvalue weighted by molar-refractivity contribution is 0.423. The molecule has 0 aromatic carbocycles. The lowest BCUT2D eigenvalue weighted by atomic mass is 10.4. The third-order valence-corrected chi connectivity index (χ3v) is 5.46. The molecular formula is C10H16BrN3O2S. The number of nitrogens with one attached hydrogen (secondary N) is 1. The van der Waals surface area contributed by atoms with E-state index in [1.54, 1.807) is 18.2 Å². The first kappa shape index (κ1) is 13.0. The summed E-state index contributed by atoms with van der Waals surface area (Å²) in [5.41, 5.74) is 1.16. The number of aryl methyl sites for hydroxylation is 2. The molecule has 17 heavy (non-hydrogen) atoms. The number of sulfonamides is 1. The zero-order valence-electron chi connectivity index (χ0n) is 9.90. The first-order chi connectivity index (χ1) is 7.98. The van der Waals surface area contributed by atoms with Crippen LogP contribution in [0.15, 0.2) is 4.90 Å². The van der Waals surface area contributed by atoms with Gasteiger partial charge in [0.1, 0.15) is 4.90 Å². The summed E-state index contributed by atoms with van der Waals surface area (Å²) in [7, 11) is -3.41. The van der Waals surface area contributed by atoms with Crippen LogP contribution in [0.4, 0.5) is 0 Å². The highest BCUT2D eigenvalue weighted by Gasteiger charge is 2.39. The molecule has 1 aromatic rings. The van der Waals surface area contributed by atoms with Gasteiger partial charge in [-0.3, -0.25) is 5.10 Å². The van der Waals surface area contributed by atoms with Gasteiger partial charge in [0.15, 0.2) is 0 Å². The van der Waals surface area contributed by atoms with Crippen LogP contribution in [0.25, 0.3) is 0 Å². The van der Waals surface area contributed by atoms with Gasteiger partial charge < -0.3 is 0 Å². The number of hydrogen-bond donors (Lipinski definition) is 1. The van der Waals surface area contributed by atoms with Crippen LogP contribution in [-0.4, -0.2) is 40.8 Å². The molecule has 0 saturated heterocycles. The smallest absolute Gasteiger partial charge is 0.247 e. The lowest BCUT2D eigenvalue weighted by Crippen LogP contribution is -2.35. The van der Waals surface area contributed by atoms with Crippen molar-refractivity contribution in [3.8, 4) is 0 Å². The predicted octanol–water partition coefficient (Wildman–Crippen LogP) is 1.57. The summed E-state index contributed by atoms with van der Waals surface area (Å²) < 4.78 is 26.7. The van der Waals surface area contributed by atoms with Gasteiger partial charge in [0, 0.05) is 17.9 Å². The molecule has 1 aliphatic carbocycles. The fraction of sp³-hybridized carbons (Fsp3) is 0.700. The van der Waals surface area contributed by atoms with Gasteiger partial charge in [-0.05, 0) is 26.7 Å². The fourth-order valence-electron chi connectivity index (χ4n) is 1.98. The maximum atomic E-state index is 12.6. The normalized spacial score (nSPS) is 16.7. The number of hydrogen-bond acceptors (Lipinski definition) is 3. The van der Waals surface area contributed by atoms with Gasteiger partial charge in [-0.1, -0.05) is 15.9 Å². The van der Waals surface area contributed by atoms with Crippen molar-refractivity contribution < 1.29 is 8.42 Å². The average Bonchev–Trinajstić information content (AvgIpc) is 3.01. The first-order valence-electron chi connectivity index (χ1n) is 5.58. The molecule has 0 radical (unpaired) electrons. The van der Waals surface area contributed by atoms with Gasteiger partial charge in [0.25, 0.3) is 0 Å². The third kappa shape index (κ3) is 2.41. The van der Waals surface area contributed by atoms with E-state index in [4.69, 9.17) is 0 Å². The second-order valence-electron chi connectivity index (χ2n) is 4.30. The van der Waals surface area contributed by atoms with Crippen molar-refractivity contribution in [1.82, 2.24) is 14.5 Å². The molecule has 0 bridgehead atoms. The SMILES string of the molecule is Cc1n[nH]c(C)c1S(=O)(=O)N(CCBr)C1CC1. The maximum absolute atomic E-state index is 12.6. The Labute approximate surface area is 110 Å². The maximum Gasteiger partial charge on any atom is 0.247 e. The Balaban J connectivity index is 2.40. The number of halogens is 1. The van der Waals surface area contributed by atoms with E-state index in [9.17, 15) is 8.42 Å². The van der Waals surface area contributed by atoms with Crippen molar-refractivity contribution >= 4 is 26.0 Å². The van der Waals surface area contributed by atoms with E-state index in [0.29, 0.717) is 28.2 Å². The summed E-state index contributed by atoms with van der Waals surface area (Å²) in [4.78, 5) is 0.338. The molecule has 1 aliphatic rings. The van der Waals surface area contributed by atoms with Crippen LogP contribution in [0.3, 0.4) is 0 Å². The Morgan fingerprint density at radius 1 is 1.47 bits per heavy atom. The molecule has 2 rings (SSSR count). The number of H-pyrrole nitrogens is 1. The number of aromatic amines is 1. The van der Waals surface area contributed by atoms with Crippen LogP contribution >= 0.6 is 15.9 Å². The second-order valence-corrected chi connectivity index (χ2v) is 6.92. The minimum atomic E-state index is -3.41. The summed E-state index contributed by atoms with van der Waals surface area (Å²) in [5.74, 6) is 0. The number of rotatable bonds is 5. The minimum absolute atomic E-state index is 0.172. The molecule has 5 nitrogen and oxygen atoms in total. The van der Waals surface area contributed by atoms with E-state index in [2.05, 4.69) is 26.1 Å². The van der Waals surface area contributed by atoms with Gasteiger partial charge in [-0.25, -0.2) is 8.42 Å². The highest BCUT2D eigenvalue weighted by Crippen LogP contribution is 2.33. The molecule has 1 fully saturated rings. The van der Waals surface area contributed by atoms with Crippen molar-refractivity contribution in [3.63, 3.8) is 0 Å². The molecule has 1 heterocycles. The monoisotopic (exact) mass is 321 g/mol. The van der Waals surface area contributed by atoms with Gasteiger partial charge in [-0.15, -0.1) is 0 Å². The molecule has 7 heteroatoms. The van der Waals surface area contributed by atoms with Crippen LogP contribution < -0.4 is 0 Å². The molecule has 0 spiro atoms. The van der Waals surface area contributed by atoms with Crippen LogP contribution in [-0.2, 0) is 10.0 Å². The lowest BCUT2D eigenvalue weighted by Gasteiger charge is -2.20. The third-order valence-electron chi connectivity index (χ3n) is 2.89. The summed E-state index contributed by atoms with van der Waals surface area (Å²) in [5, 5.41) is 7.35. The molecule has 0 amide bonds. The zero-order chi connectivity index (χ0) is 12.6. The average molecular weight is 322 g/mol. The molecule has 1 aromatic heterocycles. The fourth-order valence-corrected chi connectivity index (χ4v) is 4.62. The Kier molecular flexibility index (Phi) is 3.61. The largest absolute Gasteiger partial charge is 0.281 e. The summed E-state index contributed by atoms with van der Waals surface area (Å²) in [6, 6.07) is 0.172. The number of alkyl halides is 1. The topological polar surface area (TPSA) is 66.1 Å². The first-order valence-corrected chi connectivity index (χ1v) is 8.14. The standard InChI is InChI=1S/C10H16BrN3O2S/c1-7-10(8(2)13-12-7)17(15,16)14(6-5-11)9-3-4-9/h9H,3-6H2,1-2H3,(H,12,13). The highest BCUT2D eigenvalue weighted by molar-refractivity contribution is 9.09. The van der Waals surface area contributed by atoms with Gasteiger partial charge >= 0.3 is 0 Å². The Bertz CT molecular complexity index is 488. The van der Waals surface area contributed by atoms with E-state index < -0.39 is 10.0 Å². The van der Waals surface area contributed by atoms with Crippen molar-refractivity contribution in [2.45, 2.75) is 37.6 Å². The molecule has 1 saturated carbocycles. The van der Waals surface area contributed by atoms with Crippen molar-refractivity contribution in [2.24, 2.45) is 0 Å². The van der Waals surface area contributed by atoms with Gasteiger partial charge in [0.05, 0.1) is 11.4 Å². The van der Waals surface area contributed by atoms with Crippen LogP contribution in [0.5, 0.6) is 0 Å². The highest BCUT2D eigenvalue weighted by atomic mass is 79.9.